The quantitative estimate of drug-likeness (QED) is 0.309. The third-order valence-corrected chi connectivity index (χ3v) is 6.56. The molecule has 1 atom stereocenters. The van der Waals surface area contributed by atoms with E-state index in [1.54, 1.807) is 24.3 Å². The van der Waals surface area contributed by atoms with Crippen molar-refractivity contribution in [2.24, 2.45) is 0 Å². The van der Waals surface area contributed by atoms with E-state index >= 15 is 0 Å². The van der Waals surface area contributed by atoms with Crippen molar-refractivity contribution in [3.8, 4) is 0 Å². The van der Waals surface area contributed by atoms with Crippen LogP contribution in [0.25, 0.3) is 0 Å². The SMILES string of the molecule is Nc1ccccc1C(CS(=O)(=O)O)C(=S)NCc1ccc(C(F)(F)F)cc1N1CCCC1. The van der Waals surface area contributed by atoms with Crippen molar-refractivity contribution >= 4 is 38.7 Å². The highest BCUT2D eigenvalue weighted by atomic mass is 32.2. The molecule has 3 rings (SSSR count). The van der Waals surface area contributed by atoms with Gasteiger partial charge in [-0.05, 0) is 42.2 Å². The van der Waals surface area contributed by atoms with Crippen molar-refractivity contribution in [1.82, 2.24) is 5.32 Å². The summed E-state index contributed by atoms with van der Waals surface area (Å²) >= 11 is 5.41. The molecule has 2 aromatic carbocycles. The topological polar surface area (TPSA) is 95.7 Å². The fraction of sp³-hybridized carbons (Fsp3) is 0.381. The third kappa shape index (κ3) is 6.11. The fourth-order valence-corrected chi connectivity index (χ4v) is 4.95. The molecule has 0 saturated carbocycles. The maximum Gasteiger partial charge on any atom is 0.416 e. The number of benzene rings is 2. The summed E-state index contributed by atoms with van der Waals surface area (Å²) in [6, 6.07) is 10.1. The lowest BCUT2D eigenvalue weighted by Gasteiger charge is -2.25. The lowest BCUT2D eigenvalue weighted by molar-refractivity contribution is -0.137. The van der Waals surface area contributed by atoms with Crippen LogP contribution in [0, 0.1) is 0 Å². The highest BCUT2D eigenvalue weighted by molar-refractivity contribution is 7.86. The smallest absolute Gasteiger partial charge is 0.398 e. The van der Waals surface area contributed by atoms with E-state index in [-0.39, 0.29) is 11.5 Å². The van der Waals surface area contributed by atoms with Crippen molar-refractivity contribution in [3.05, 3.63) is 59.2 Å². The van der Waals surface area contributed by atoms with Crippen LogP contribution in [0.3, 0.4) is 0 Å². The lowest BCUT2D eigenvalue weighted by Crippen LogP contribution is -2.32. The standard InChI is InChI=1S/C21H24F3N3O3S2/c22-21(23,24)15-8-7-14(19(11-15)27-9-3-4-10-27)12-26-20(31)17(13-32(28,29)30)16-5-1-2-6-18(16)25/h1-2,5-8,11,17H,3-4,9-10,12-13,25H2,(H,26,31)(H,28,29,30). The largest absolute Gasteiger partial charge is 0.416 e. The van der Waals surface area contributed by atoms with Gasteiger partial charge in [0, 0.05) is 31.0 Å². The molecule has 0 radical (unpaired) electrons. The van der Waals surface area contributed by atoms with Crippen LogP contribution >= 0.6 is 12.2 Å². The van der Waals surface area contributed by atoms with Crippen LogP contribution in [0.5, 0.6) is 0 Å². The van der Waals surface area contributed by atoms with Crippen LogP contribution in [0.15, 0.2) is 42.5 Å². The minimum absolute atomic E-state index is 0.0948. The first kappa shape index (κ1) is 24.3. The number of rotatable bonds is 7. The van der Waals surface area contributed by atoms with Gasteiger partial charge in [0.2, 0.25) is 0 Å². The predicted molar refractivity (Wildman–Crippen MR) is 122 cm³/mol. The Morgan fingerprint density at radius 1 is 1.19 bits per heavy atom. The molecule has 1 unspecified atom stereocenters. The zero-order chi connectivity index (χ0) is 23.5. The molecular formula is C21H24F3N3O3S2. The van der Waals surface area contributed by atoms with E-state index in [2.05, 4.69) is 5.32 Å². The van der Waals surface area contributed by atoms with Gasteiger partial charge in [0.05, 0.1) is 22.2 Å². The predicted octanol–water partition coefficient (Wildman–Crippen LogP) is 3.98. The molecule has 2 aromatic rings. The Morgan fingerprint density at radius 3 is 2.44 bits per heavy atom. The van der Waals surface area contributed by atoms with Gasteiger partial charge in [-0.3, -0.25) is 4.55 Å². The molecule has 1 fully saturated rings. The molecule has 4 N–H and O–H groups in total. The Balaban J connectivity index is 1.86. The second-order valence-electron chi connectivity index (χ2n) is 7.68. The van der Waals surface area contributed by atoms with Crippen LogP contribution in [-0.2, 0) is 22.8 Å². The summed E-state index contributed by atoms with van der Waals surface area (Å²) in [5.74, 6) is -1.58. The Hall–Kier alpha value is -2.37. The summed E-state index contributed by atoms with van der Waals surface area (Å²) in [6.07, 6.45) is -2.67. The number of thiocarbonyl (C=S) groups is 1. The maximum atomic E-state index is 13.2. The normalized spacial score (nSPS) is 15.6. The lowest BCUT2D eigenvalue weighted by atomic mass is 9.98. The van der Waals surface area contributed by atoms with Gasteiger partial charge in [-0.15, -0.1) is 0 Å². The number of hydrogen-bond acceptors (Lipinski definition) is 5. The number of halogens is 3. The van der Waals surface area contributed by atoms with Gasteiger partial charge in [-0.25, -0.2) is 0 Å². The van der Waals surface area contributed by atoms with E-state index in [0.29, 0.717) is 35.6 Å². The minimum atomic E-state index is -4.46. The van der Waals surface area contributed by atoms with E-state index in [9.17, 15) is 26.1 Å². The molecule has 1 heterocycles. The molecule has 0 spiro atoms. The van der Waals surface area contributed by atoms with Gasteiger partial charge in [-0.2, -0.15) is 21.6 Å². The number of alkyl halides is 3. The van der Waals surface area contributed by atoms with Gasteiger partial charge in [0.15, 0.2) is 0 Å². The summed E-state index contributed by atoms with van der Waals surface area (Å²) < 4.78 is 72.3. The molecule has 1 saturated heterocycles. The molecule has 0 aliphatic carbocycles. The first-order valence-electron chi connectivity index (χ1n) is 9.98. The molecule has 11 heteroatoms. The number of hydrogen-bond donors (Lipinski definition) is 3. The fourth-order valence-electron chi connectivity index (χ4n) is 3.79. The number of nitrogens with two attached hydrogens (primary N) is 1. The number of para-hydroxylation sites is 1. The zero-order valence-electron chi connectivity index (χ0n) is 17.1. The number of anilines is 2. The molecule has 174 valence electrons. The van der Waals surface area contributed by atoms with Crippen LogP contribution in [0.4, 0.5) is 24.5 Å². The van der Waals surface area contributed by atoms with Crippen LogP contribution < -0.4 is 16.0 Å². The summed E-state index contributed by atoms with van der Waals surface area (Å²) in [6.45, 7) is 1.41. The highest BCUT2D eigenvalue weighted by Gasteiger charge is 2.32. The number of nitrogens with one attached hydrogen (secondary N) is 1. The van der Waals surface area contributed by atoms with Crippen LogP contribution in [0.1, 0.15) is 35.4 Å². The molecule has 1 aliphatic heterocycles. The zero-order valence-corrected chi connectivity index (χ0v) is 18.7. The summed E-state index contributed by atoms with van der Waals surface area (Å²) in [5.41, 5.74) is 7.08. The second kappa shape index (κ2) is 9.63. The molecule has 6 nitrogen and oxygen atoms in total. The molecule has 32 heavy (non-hydrogen) atoms. The summed E-state index contributed by atoms with van der Waals surface area (Å²) in [7, 11) is -4.38. The van der Waals surface area contributed by atoms with Gasteiger partial charge in [0.25, 0.3) is 10.1 Å². The second-order valence-corrected chi connectivity index (χ2v) is 9.62. The Bertz CT molecular complexity index is 1090. The van der Waals surface area contributed by atoms with Crippen molar-refractivity contribution in [2.45, 2.75) is 31.5 Å². The van der Waals surface area contributed by atoms with Crippen molar-refractivity contribution in [1.29, 1.82) is 0 Å². The average molecular weight is 488 g/mol. The number of nitrogens with zero attached hydrogens (tertiary/aromatic N) is 1. The minimum Gasteiger partial charge on any atom is -0.398 e. The summed E-state index contributed by atoms with van der Waals surface area (Å²) in [4.78, 5) is 2.02. The Labute approximate surface area is 190 Å². The highest BCUT2D eigenvalue weighted by Crippen LogP contribution is 2.35. The van der Waals surface area contributed by atoms with Crippen LogP contribution in [-0.4, -0.2) is 36.8 Å². The Morgan fingerprint density at radius 2 is 1.84 bits per heavy atom. The van der Waals surface area contributed by atoms with Gasteiger partial charge in [0.1, 0.15) is 0 Å². The van der Waals surface area contributed by atoms with Crippen molar-refractivity contribution < 1.29 is 26.1 Å². The average Bonchev–Trinajstić information content (AvgIpc) is 3.24. The molecule has 0 bridgehead atoms. The van der Waals surface area contributed by atoms with E-state index in [1.165, 1.54) is 6.07 Å². The van der Waals surface area contributed by atoms with Gasteiger partial charge in [-0.1, -0.05) is 36.5 Å². The number of nitrogen functional groups attached to an aromatic ring is 1. The molecule has 0 aromatic heterocycles. The first-order valence-corrected chi connectivity index (χ1v) is 12.0. The monoisotopic (exact) mass is 487 g/mol. The van der Waals surface area contributed by atoms with Crippen LogP contribution in [0.2, 0.25) is 0 Å². The van der Waals surface area contributed by atoms with E-state index < -0.39 is 33.5 Å². The molecule has 1 aliphatic rings. The third-order valence-electron chi connectivity index (χ3n) is 5.38. The maximum absolute atomic E-state index is 13.2. The molecule has 0 amide bonds. The van der Waals surface area contributed by atoms with E-state index in [1.807, 2.05) is 4.90 Å². The van der Waals surface area contributed by atoms with E-state index in [4.69, 9.17) is 18.0 Å². The van der Waals surface area contributed by atoms with Gasteiger partial charge < -0.3 is 16.0 Å². The summed E-state index contributed by atoms with van der Waals surface area (Å²) in [5, 5.41) is 2.96. The Kier molecular flexibility index (Phi) is 7.31. The van der Waals surface area contributed by atoms with Crippen molar-refractivity contribution in [3.63, 3.8) is 0 Å². The first-order chi connectivity index (χ1) is 15.0. The van der Waals surface area contributed by atoms with Gasteiger partial charge >= 0.3 is 6.18 Å². The van der Waals surface area contributed by atoms with E-state index in [0.717, 1.165) is 25.0 Å². The molecular weight excluding hydrogens is 463 g/mol. The van der Waals surface area contributed by atoms with Crippen molar-refractivity contribution in [2.75, 3.05) is 29.5 Å².